The number of hydrogen-bond donors (Lipinski definition) is 1. The Labute approximate surface area is 142 Å². The molecule has 0 saturated carbocycles. The molecule has 0 bridgehead atoms. The Morgan fingerprint density at radius 2 is 2.00 bits per heavy atom. The van der Waals surface area contributed by atoms with Crippen molar-refractivity contribution in [2.75, 3.05) is 36.4 Å². The van der Waals surface area contributed by atoms with Gasteiger partial charge in [-0.3, -0.25) is 10.1 Å². The smallest absolute Gasteiger partial charge is 0.321 e. The minimum atomic E-state index is -0.465. The molecule has 126 valence electrons. The van der Waals surface area contributed by atoms with Crippen LogP contribution < -0.4 is 10.2 Å². The fourth-order valence-corrected chi connectivity index (χ4v) is 3.25. The third kappa shape index (κ3) is 3.80. The molecule has 0 radical (unpaired) electrons. The number of nitro benzene ring substituents is 1. The van der Waals surface area contributed by atoms with Crippen LogP contribution in [0, 0.1) is 10.1 Å². The van der Waals surface area contributed by atoms with E-state index in [0.717, 1.165) is 24.6 Å². The van der Waals surface area contributed by atoms with Gasteiger partial charge in [-0.1, -0.05) is 0 Å². The van der Waals surface area contributed by atoms with Crippen LogP contribution in [0.25, 0.3) is 0 Å². The summed E-state index contributed by atoms with van der Waals surface area (Å²) in [6.45, 7) is 2.88. The number of benzene rings is 1. The van der Waals surface area contributed by atoms with Gasteiger partial charge in [0, 0.05) is 55.6 Å². The molecule has 2 aromatic rings. The van der Waals surface area contributed by atoms with Gasteiger partial charge in [0.05, 0.1) is 4.92 Å². The number of anilines is 2. The maximum absolute atomic E-state index is 12.4. The molecule has 9 heteroatoms. The topological polar surface area (TPSA) is 91.6 Å². The lowest BCUT2D eigenvalue weighted by Crippen LogP contribution is -2.38. The first kappa shape index (κ1) is 16.2. The number of rotatable bonds is 3. The highest BCUT2D eigenvalue weighted by molar-refractivity contribution is 7.13. The quantitative estimate of drug-likeness (QED) is 0.681. The lowest BCUT2D eigenvalue weighted by atomic mass is 10.3. The van der Waals surface area contributed by atoms with Crippen molar-refractivity contribution in [2.24, 2.45) is 0 Å². The van der Waals surface area contributed by atoms with Crippen LogP contribution in [0.3, 0.4) is 0 Å². The maximum atomic E-state index is 12.4. The van der Waals surface area contributed by atoms with Gasteiger partial charge in [0.25, 0.3) is 5.69 Å². The number of nitro groups is 1. The van der Waals surface area contributed by atoms with Gasteiger partial charge >= 0.3 is 6.03 Å². The second kappa shape index (κ2) is 7.26. The molecule has 0 unspecified atom stereocenters. The number of aromatic nitrogens is 1. The molecule has 1 N–H and O–H groups in total. The van der Waals surface area contributed by atoms with Crippen LogP contribution in [0.2, 0.25) is 0 Å². The van der Waals surface area contributed by atoms with Gasteiger partial charge in [0.1, 0.15) is 0 Å². The van der Waals surface area contributed by atoms with Gasteiger partial charge in [-0.2, -0.15) is 0 Å². The molecule has 0 aliphatic carbocycles. The SMILES string of the molecule is O=C(Nc1ccc([N+](=O)[O-])cc1)N1CCCN(c2nccs2)CC1. The van der Waals surface area contributed by atoms with Crippen LogP contribution in [0.1, 0.15) is 6.42 Å². The lowest BCUT2D eigenvalue weighted by molar-refractivity contribution is -0.384. The van der Waals surface area contributed by atoms with Gasteiger partial charge in [-0.15, -0.1) is 11.3 Å². The first-order valence-electron chi connectivity index (χ1n) is 7.58. The summed E-state index contributed by atoms with van der Waals surface area (Å²) in [7, 11) is 0. The Morgan fingerprint density at radius 3 is 2.67 bits per heavy atom. The molecule has 1 aromatic heterocycles. The minimum Gasteiger partial charge on any atom is -0.346 e. The number of urea groups is 1. The number of thiazole rings is 1. The molecule has 1 fully saturated rings. The highest BCUT2D eigenvalue weighted by Gasteiger charge is 2.20. The summed E-state index contributed by atoms with van der Waals surface area (Å²) < 4.78 is 0. The molecule has 1 aliphatic rings. The summed E-state index contributed by atoms with van der Waals surface area (Å²) in [5, 5.41) is 16.4. The predicted octanol–water partition coefficient (Wildman–Crippen LogP) is 2.80. The van der Waals surface area contributed by atoms with E-state index >= 15 is 0 Å². The van der Waals surface area contributed by atoms with Gasteiger partial charge in [-0.05, 0) is 18.6 Å². The first-order chi connectivity index (χ1) is 11.6. The van der Waals surface area contributed by atoms with E-state index in [1.54, 1.807) is 22.4 Å². The van der Waals surface area contributed by atoms with Crippen molar-refractivity contribution in [3.63, 3.8) is 0 Å². The monoisotopic (exact) mass is 347 g/mol. The van der Waals surface area contributed by atoms with Crippen molar-refractivity contribution in [3.8, 4) is 0 Å². The highest BCUT2D eigenvalue weighted by atomic mass is 32.1. The molecule has 24 heavy (non-hydrogen) atoms. The summed E-state index contributed by atoms with van der Waals surface area (Å²) in [4.78, 5) is 30.8. The predicted molar refractivity (Wildman–Crippen MR) is 92.6 cm³/mol. The molecule has 2 heterocycles. The van der Waals surface area contributed by atoms with Crippen LogP contribution in [0.15, 0.2) is 35.8 Å². The standard InChI is InChI=1S/C15H17N5O3S/c21-14(17-12-2-4-13(5-3-12)20(22)23)18-7-1-8-19(10-9-18)15-16-6-11-24-15/h2-6,11H,1,7-10H2,(H,17,21). The van der Waals surface area contributed by atoms with E-state index in [4.69, 9.17) is 0 Å². The zero-order valence-corrected chi connectivity index (χ0v) is 13.7. The Kier molecular flexibility index (Phi) is 4.90. The number of non-ortho nitro benzene ring substituents is 1. The molecule has 1 saturated heterocycles. The van der Waals surface area contributed by atoms with Crippen molar-refractivity contribution in [2.45, 2.75) is 6.42 Å². The Morgan fingerprint density at radius 1 is 1.21 bits per heavy atom. The van der Waals surface area contributed by atoms with Crippen molar-refractivity contribution >= 4 is 33.9 Å². The molecular weight excluding hydrogens is 330 g/mol. The van der Waals surface area contributed by atoms with E-state index in [1.165, 1.54) is 24.3 Å². The Balaban J connectivity index is 1.58. The first-order valence-corrected chi connectivity index (χ1v) is 8.46. The van der Waals surface area contributed by atoms with Gasteiger partial charge < -0.3 is 15.1 Å². The number of amides is 2. The third-order valence-electron chi connectivity index (χ3n) is 3.80. The van der Waals surface area contributed by atoms with Gasteiger partial charge in [0.2, 0.25) is 0 Å². The summed E-state index contributed by atoms with van der Waals surface area (Å²) in [5.74, 6) is 0. The fourth-order valence-electron chi connectivity index (χ4n) is 2.55. The van der Waals surface area contributed by atoms with E-state index in [-0.39, 0.29) is 11.7 Å². The van der Waals surface area contributed by atoms with Crippen molar-refractivity contribution in [3.05, 3.63) is 46.0 Å². The number of hydrogen-bond acceptors (Lipinski definition) is 6. The number of nitrogens with zero attached hydrogens (tertiary/aromatic N) is 4. The molecule has 3 rings (SSSR count). The third-order valence-corrected chi connectivity index (χ3v) is 4.63. The zero-order chi connectivity index (χ0) is 16.9. The van der Waals surface area contributed by atoms with Crippen molar-refractivity contribution < 1.29 is 9.72 Å². The average Bonchev–Trinajstić information content (AvgIpc) is 3.00. The molecule has 1 aliphatic heterocycles. The van der Waals surface area contributed by atoms with E-state index in [0.29, 0.717) is 18.8 Å². The Hall–Kier alpha value is -2.68. The van der Waals surface area contributed by atoms with Crippen LogP contribution in [0.5, 0.6) is 0 Å². The van der Waals surface area contributed by atoms with Crippen molar-refractivity contribution in [1.82, 2.24) is 9.88 Å². The molecule has 1 aromatic carbocycles. The summed E-state index contributed by atoms with van der Waals surface area (Å²) in [6.07, 6.45) is 2.65. The van der Waals surface area contributed by atoms with Crippen LogP contribution in [-0.4, -0.2) is 47.0 Å². The number of carbonyl (C=O) groups excluding carboxylic acids is 1. The summed E-state index contributed by atoms with van der Waals surface area (Å²) >= 11 is 1.60. The van der Waals surface area contributed by atoms with Crippen LogP contribution in [0.4, 0.5) is 21.3 Å². The van der Waals surface area contributed by atoms with E-state index < -0.39 is 4.92 Å². The fraction of sp³-hybridized carbons (Fsp3) is 0.333. The summed E-state index contributed by atoms with van der Waals surface area (Å²) in [6, 6.07) is 5.64. The Bertz CT molecular complexity index is 704. The summed E-state index contributed by atoms with van der Waals surface area (Å²) in [5.41, 5.74) is 0.550. The second-order valence-corrected chi connectivity index (χ2v) is 6.25. The normalized spacial score (nSPS) is 15.0. The molecule has 0 atom stereocenters. The van der Waals surface area contributed by atoms with Gasteiger partial charge in [-0.25, -0.2) is 9.78 Å². The minimum absolute atomic E-state index is 0.00172. The molecular formula is C15H17N5O3S. The van der Waals surface area contributed by atoms with E-state index in [1.807, 2.05) is 5.38 Å². The van der Waals surface area contributed by atoms with E-state index in [2.05, 4.69) is 15.2 Å². The van der Waals surface area contributed by atoms with E-state index in [9.17, 15) is 14.9 Å². The van der Waals surface area contributed by atoms with Crippen LogP contribution >= 0.6 is 11.3 Å². The largest absolute Gasteiger partial charge is 0.346 e. The lowest BCUT2D eigenvalue weighted by Gasteiger charge is -2.22. The number of carbonyl (C=O) groups is 1. The molecule has 0 spiro atoms. The van der Waals surface area contributed by atoms with Crippen LogP contribution in [-0.2, 0) is 0 Å². The maximum Gasteiger partial charge on any atom is 0.321 e. The molecule has 2 amide bonds. The van der Waals surface area contributed by atoms with Gasteiger partial charge in [0.15, 0.2) is 5.13 Å². The van der Waals surface area contributed by atoms with Crippen molar-refractivity contribution in [1.29, 1.82) is 0 Å². The highest BCUT2D eigenvalue weighted by Crippen LogP contribution is 2.20. The second-order valence-electron chi connectivity index (χ2n) is 5.38. The average molecular weight is 347 g/mol. The number of nitrogens with one attached hydrogen (secondary N) is 1. The zero-order valence-electron chi connectivity index (χ0n) is 12.9. The molecule has 8 nitrogen and oxygen atoms in total.